The van der Waals surface area contributed by atoms with Crippen molar-refractivity contribution in [3.8, 4) is 0 Å². The van der Waals surface area contributed by atoms with Crippen molar-refractivity contribution in [2.24, 2.45) is 0 Å². The van der Waals surface area contributed by atoms with Crippen molar-refractivity contribution in [1.82, 2.24) is 5.32 Å². The molecule has 1 amide bonds. The van der Waals surface area contributed by atoms with E-state index in [0.717, 1.165) is 35.1 Å². The number of fused-ring (bicyclic) bond motifs is 1. The minimum atomic E-state index is -1.27. The summed E-state index contributed by atoms with van der Waals surface area (Å²) in [5.41, 5.74) is 3.35. The van der Waals surface area contributed by atoms with Crippen LogP contribution in [0.25, 0.3) is 0 Å². The maximum absolute atomic E-state index is 12.9. The Hall–Kier alpha value is -2.62. The van der Waals surface area contributed by atoms with Gasteiger partial charge in [0.15, 0.2) is 0 Å². The SMILES string of the molecule is CCCc1c(C)cccc1C(=O)NC1(C(=O)O)Cc2ccccc2C1. The predicted molar refractivity (Wildman–Crippen MR) is 96.9 cm³/mol. The van der Waals surface area contributed by atoms with E-state index < -0.39 is 11.5 Å². The van der Waals surface area contributed by atoms with Crippen molar-refractivity contribution >= 4 is 11.9 Å². The molecule has 0 saturated heterocycles. The number of hydrogen-bond acceptors (Lipinski definition) is 2. The van der Waals surface area contributed by atoms with Crippen LogP contribution in [-0.4, -0.2) is 22.5 Å². The number of carboxylic acids is 1. The number of benzene rings is 2. The quantitative estimate of drug-likeness (QED) is 0.880. The normalized spacial score (nSPS) is 14.8. The molecule has 0 heterocycles. The molecule has 2 aromatic carbocycles. The summed E-state index contributed by atoms with van der Waals surface area (Å²) in [5, 5.41) is 12.7. The Morgan fingerprint density at radius 3 is 2.28 bits per heavy atom. The minimum absolute atomic E-state index is 0.303. The van der Waals surface area contributed by atoms with E-state index in [0.29, 0.717) is 18.4 Å². The second-order valence-electron chi connectivity index (χ2n) is 6.81. The lowest BCUT2D eigenvalue weighted by atomic mass is 9.93. The monoisotopic (exact) mass is 337 g/mol. The summed E-state index contributed by atoms with van der Waals surface area (Å²) in [5.74, 6) is -1.29. The van der Waals surface area contributed by atoms with E-state index in [1.807, 2.05) is 43.3 Å². The first-order valence-corrected chi connectivity index (χ1v) is 8.68. The zero-order valence-corrected chi connectivity index (χ0v) is 14.6. The van der Waals surface area contributed by atoms with Crippen LogP contribution in [-0.2, 0) is 24.1 Å². The second kappa shape index (κ2) is 6.71. The van der Waals surface area contributed by atoms with Gasteiger partial charge in [-0.25, -0.2) is 4.79 Å². The summed E-state index contributed by atoms with van der Waals surface area (Å²) in [6.45, 7) is 4.06. The molecule has 0 aromatic heterocycles. The number of carbonyl (C=O) groups is 2. The highest BCUT2D eigenvalue weighted by molar-refractivity contribution is 5.99. The van der Waals surface area contributed by atoms with E-state index in [4.69, 9.17) is 0 Å². The maximum atomic E-state index is 12.9. The van der Waals surface area contributed by atoms with Crippen LogP contribution in [0.4, 0.5) is 0 Å². The lowest BCUT2D eigenvalue weighted by Crippen LogP contribution is -2.55. The Morgan fingerprint density at radius 2 is 1.72 bits per heavy atom. The van der Waals surface area contributed by atoms with E-state index in [1.54, 1.807) is 6.07 Å². The van der Waals surface area contributed by atoms with Crippen LogP contribution in [0.1, 0.15) is 46.0 Å². The molecule has 0 aliphatic heterocycles. The Labute approximate surface area is 147 Å². The molecule has 1 aliphatic carbocycles. The van der Waals surface area contributed by atoms with Crippen LogP contribution in [0.5, 0.6) is 0 Å². The van der Waals surface area contributed by atoms with Gasteiger partial charge in [0.05, 0.1) is 0 Å². The van der Waals surface area contributed by atoms with Crippen LogP contribution in [0.3, 0.4) is 0 Å². The molecule has 0 radical (unpaired) electrons. The molecular weight excluding hydrogens is 314 g/mol. The van der Waals surface area contributed by atoms with Crippen LogP contribution in [0.15, 0.2) is 42.5 Å². The van der Waals surface area contributed by atoms with E-state index in [-0.39, 0.29) is 5.91 Å². The Kier molecular flexibility index (Phi) is 4.62. The molecule has 1 aliphatic rings. The van der Waals surface area contributed by atoms with Crippen molar-refractivity contribution in [2.45, 2.75) is 45.1 Å². The lowest BCUT2D eigenvalue weighted by Gasteiger charge is -2.26. The highest BCUT2D eigenvalue weighted by Crippen LogP contribution is 2.31. The lowest BCUT2D eigenvalue weighted by molar-refractivity contribution is -0.144. The summed E-state index contributed by atoms with van der Waals surface area (Å²) in [6, 6.07) is 13.3. The average Bonchev–Trinajstić information content (AvgIpc) is 2.96. The number of carbonyl (C=O) groups excluding carboxylic acids is 1. The topological polar surface area (TPSA) is 66.4 Å². The van der Waals surface area contributed by atoms with Gasteiger partial charge < -0.3 is 10.4 Å². The van der Waals surface area contributed by atoms with Gasteiger partial charge in [0, 0.05) is 18.4 Å². The number of rotatable bonds is 5. The molecule has 0 fully saturated rings. The summed E-state index contributed by atoms with van der Waals surface area (Å²) in [4.78, 5) is 25.0. The fraction of sp³-hybridized carbons (Fsp3) is 0.333. The van der Waals surface area contributed by atoms with Crippen molar-refractivity contribution in [1.29, 1.82) is 0 Å². The maximum Gasteiger partial charge on any atom is 0.330 e. The molecule has 0 spiro atoms. The highest BCUT2D eigenvalue weighted by Gasteiger charge is 2.45. The Balaban J connectivity index is 1.92. The largest absolute Gasteiger partial charge is 0.479 e. The second-order valence-corrected chi connectivity index (χ2v) is 6.81. The van der Waals surface area contributed by atoms with E-state index in [1.165, 1.54) is 0 Å². The van der Waals surface area contributed by atoms with Crippen LogP contribution >= 0.6 is 0 Å². The summed E-state index contributed by atoms with van der Waals surface area (Å²) < 4.78 is 0. The number of hydrogen-bond donors (Lipinski definition) is 2. The summed E-state index contributed by atoms with van der Waals surface area (Å²) in [7, 11) is 0. The van der Waals surface area contributed by atoms with Gasteiger partial charge in [-0.3, -0.25) is 4.79 Å². The van der Waals surface area contributed by atoms with E-state index in [9.17, 15) is 14.7 Å². The molecular formula is C21H23NO3. The number of nitrogens with one attached hydrogen (secondary N) is 1. The fourth-order valence-electron chi connectivity index (χ4n) is 3.69. The molecule has 3 rings (SSSR count). The molecule has 2 aromatic rings. The van der Waals surface area contributed by atoms with E-state index >= 15 is 0 Å². The van der Waals surface area contributed by atoms with Crippen molar-refractivity contribution in [2.75, 3.05) is 0 Å². The molecule has 2 N–H and O–H groups in total. The van der Waals surface area contributed by atoms with Crippen LogP contribution < -0.4 is 5.32 Å². The van der Waals surface area contributed by atoms with Crippen molar-refractivity contribution < 1.29 is 14.7 Å². The first-order valence-electron chi connectivity index (χ1n) is 8.68. The zero-order valence-electron chi connectivity index (χ0n) is 14.6. The van der Waals surface area contributed by atoms with Gasteiger partial charge in [-0.15, -0.1) is 0 Å². The van der Waals surface area contributed by atoms with Gasteiger partial charge in [0.2, 0.25) is 0 Å². The highest BCUT2D eigenvalue weighted by atomic mass is 16.4. The molecule has 0 saturated carbocycles. The van der Waals surface area contributed by atoms with Gasteiger partial charge in [-0.2, -0.15) is 0 Å². The molecule has 4 heteroatoms. The van der Waals surface area contributed by atoms with Crippen molar-refractivity contribution in [3.05, 3.63) is 70.3 Å². The Bertz CT molecular complexity index is 801. The number of aryl methyl sites for hydroxylation is 1. The van der Waals surface area contributed by atoms with Gasteiger partial charge >= 0.3 is 5.97 Å². The van der Waals surface area contributed by atoms with Crippen LogP contribution in [0.2, 0.25) is 0 Å². The molecule has 4 nitrogen and oxygen atoms in total. The number of carboxylic acid groups (broad SMARTS) is 1. The van der Waals surface area contributed by atoms with Gasteiger partial charge in [0.1, 0.15) is 5.54 Å². The zero-order chi connectivity index (χ0) is 18.0. The van der Waals surface area contributed by atoms with E-state index in [2.05, 4.69) is 12.2 Å². The number of amides is 1. The third-order valence-corrected chi connectivity index (χ3v) is 5.02. The molecule has 0 unspecified atom stereocenters. The third-order valence-electron chi connectivity index (χ3n) is 5.02. The average molecular weight is 337 g/mol. The summed E-state index contributed by atoms with van der Waals surface area (Å²) >= 11 is 0. The molecule has 0 atom stereocenters. The van der Waals surface area contributed by atoms with Gasteiger partial charge in [-0.1, -0.05) is 49.7 Å². The predicted octanol–water partition coefficient (Wildman–Crippen LogP) is 3.30. The molecule has 25 heavy (non-hydrogen) atoms. The Morgan fingerprint density at radius 1 is 1.08 bits per heavy atom. The smallest absolute Gasteiger partial charge is 0.330 e. The van der Waals surface area contributed by atoms with Crippen LogP contribution in [0, 0.1) is 6.92 Å². The summed E-state index contributed by atoms with van der Waals surface area (Å²) in [6.07, 6.45) is 2.37. The third kappa shape index (κ3) is 3.16. The fourth-order valence-corrected chi connectivity index (χ4v) is 3.69. The standard InChI is InChI=1S/C21H23NO3/c1-3-7-17-14(2)8-6-11-18(17)19(23)22-21(20(24)25)12-15-9-4-5-10-16(15)13-21/h4-6,8-11H,3,7,12-13H2,1-2H3,(H,22,23)(H,24,25). The molecule has 0 bridgehead atoms. The first-order chi connectivity index (χ1) is 12.0. The van der Waals surface area contributed by atoms with Gasteiger partial charge in [-0.05, 0) is 41.7 Å². The van der Waals surface area contributed by atoms with Crippen molar-refractivity contribution in [3.63, 3.8) is 0 Å². The minimum Gasteiger partial charge on any atom is -0.479 e. The van der Waals surface area contributed by atoms with Gasteiger partial charge in [0.25, 0.3) is 5.91 Å². The number of aliphatic carboxylic acids is 1. The molecule has 130 valence electrons. The first kappa shape index (κ1) is 17.2.